The predicted octanol–water partition coefficient (Wildman–Crippen LogP) is 5.57. The van der Waals surface area contributed by atoms with E-state index in [2.05, 4.69) is 17.4 Å². The summed E-state index contributed by atoms with van der Waals surface area (Å²) in [6, 6.07) is 15.8. The Morgan fingerprint density at radius 1 is 1.10 bits per heavy atom. The summed E-state index contributed by atoms with van der Waals surface area (Å²) in [5, 5.41) is 3.81. The van der Waals surface area contributed by atoms with Gasteiger partial charge in [0.1, 0.15) is 17.4 Å². The van der Waals surface area contributed by atoms with Crippen LogP contribution in [0.3, 0.4) is 0 Å². The van der Waals surface area contributed by atoms with Crippen LogP contribution in [0, 0.1) is 0 Å². The largest absolute Gasteiger partial charge is 0.486 e. The molecule has 0 spiro atoms. The third-order valence-corrected chi connectivity index (χ3v) is 5.92. The zero-order valence-electron chi connectivity index (χ0n) is 17.0. The zero-order valence-corrected chi connectivity index (χ0v) is 17.0. The standard InChI is InChI=1S/C25H29NO3/c1-26-15-14-23(19-10-6-3-7-11-19)29-20-12-13-24-21(16-20)25(27)22(17-28-24)18-8-4-2-5-9-18/h3,6-7,10-13,16-18,23,26H,2,4-5,8-9,14-15H2,1H3. The highest BCUT2D eigenvalue weighted by Crippen LogP contribution is 2.33. The summed E-state index contributed by atoms with van der Waals surface area (Å²) < 4.78 is 12.2. The molecule has 4 heteroatoms. The first-order chi connectivity index (χ1) is 14.3. The van der Waals surface area contributed by atoms with E-state index in [1.54, 1.807) is 6.26 Å². The van der Waals surface area contributed by atoms with Crippen molar-refractivity contribution in [3.8, 4) is 5.75 Å². The van der Waals surface area contributed by atoms with E-state index in [1.807, 2.05) is 43.4 Å². The van der Waals surface area contributed by atoms with Gasteiger partial charge < -0.3 is 14.5 Å². The van der Waals surface area contributed by atoms with Gasteiger partial charge in [0.05, 0.1) is 11.6 Å². The fourth-order valence-electron chi connectivity index (χ4n) is 4.29. The molecule has 0 saturated heterocycles. The van der Waals surface area contributed by atoms with Crippen molar-refractivity contribution in [3.05, 3.63) is 76.1 Å². The fraction of sp³-hybridized carbons (Fsp3) is 0.400. The van der Waals surface area contributed by atoms with Gasteiger partial charge in [-0.05, 0) is 56.1 Å². The molecule has 1 aliphatic rings. The molecule has 152 valence electrons. The SMILES string of the molecule is CNCCC(Oc1ccc2occ(C3CCCCC3)c(=O)c2c1)c1ccccc1. The van der Waals surface area contributed by atoms with E-state index in [0.29, 0.717) is 22.6 Å². The number of ether oxygens (including phenoxy) is 1. The van der Waals surface area contributed by atoms with Crippen molar-refractivity contribution in [3.63, 3.8) is 0 Å². The molecule has 29 heavy (non-hydrogen) atoms. The lowest BCUT2D eigenvalue weighted by atomic mass is 9.84. The van der Waals surface area contributed by atoms with E-state index in [0.717, 1.165) is 36.9 Å². The first-order valence-corrected chi connectivity index (χ1v) is 10.7. The van der Waals surface area contributed by atoms with Crippen molar-refractivity contribution >= 4 is 11.0 Å². The Labute approximate surface area is 171 Å². The summed E-state index contributed by atoms with van der Waals surface area (Å²) in [5.74, 6) is 1.03. The Kier molecular flexibility index (Phi) is 6.30. The molecule has 4 nitrogen and oxygen atoms in total. The number of rotatable bonds is 7. The molecule has 0 bridgehead atoms. The topological polar surface area (TPSA) is 51.5 Å². The molecule has 0 amide bonds. The van der Waals surface area contributed by atoms with Gasteiger partial charge in [0.15, 0.2) is 5.43 Å². The highest BCUT2D eigenvalue weighted by atomic mass is 16.5. The van der Waals surface area contributed by atoms with E-state index in [1.165, 1.54) is 19.3 Å². The lowest BCUT2D eigenvalue weighted by molar-refractivity contribution is 0.195. The monoisotopic (exact) mass is 391 g/mol. The first kappa shape index (κ1) is 19.7. The Balaban J connectivity index is 1.64. The van der Waals surface area contributed by atoms with Gasteiger partial charge in [-0.1, -0.05) is 49.6 Å². The van der Waals surface area contributed by atoms with Gasteiger partial charge >= 0.3 is 0 Å². The molecule has 0 radical (unpaired) electrons. The quantitative estimate of drug-likeness (QED) is 0.572. The average molecular weight is 392 g/mol. The maximum atomic E-state index is 13.2. The van der Waals surface area contributed by atoms with Crippen molar-refractivity contribution in [2.45, 2.75) is 50.5 Å². The van der Waals surface area contributed by atoms with Crippen LogP contribution in [0.5, 0.6) is 5.75 Å². The van der Waals surface area contributed by atoms with E-state index >= 15 is 0 Å². The van der Waals surface area contributed by atoms with Crippen LogP contribution in [0.2, 0.25) is 0 Å². The summed E-state index contributed by atoms with van der Waals surface area (Å²) in [6.45, 7) is 0.848. The van der Waals surface area contributed by atoms with Gasteiger partial charge in [-0.15, -0.1) is 0 Å². The van der Waals surface area contributed by atoms with E-state index < -0.39 is 0 Å². The van der Waals surface area contributed by atoms with Crippen molar-refractivity contribution in [2.24, 2.45) is 0 Å². The summed E-state index contributed by atoms with van der Waals surface area (Å²) in [6.07, 6.45) is 8.25. The van der Waals surface area contributed by atoms with Gasteiger partial charge in [-0.2, -0.15) is 0 Å². The normalized spacial score (nSPS) is 16.0. The Bertz CT molecular complexity index is 990. The van der Waals surface area contributed by atoms with Gasteiger partial charge in [-0.3, -0.25) is 4.79 Å². The maximum Gasteiger partial charge on any atom is 0.196 e. The number of nitrogens with one attached hydrogen (secondary N) is 1. The first-order valence-electron chi connectivity index (χ1n) is 10.7. The smallest absolute Gasteiger partial charge is 0.196 e. The molecule has 3 aromatic rings. The highest BCUT2D eigenvalue weighted by Gasteiger charge is 2.21. The van der Waals surface area contributed by atoms with Gasteiger partial charge in [0.2, 0.25) is 0 Å². The molecular weight excluding hydrogens is 362 g/mol. The van der Waals surface area contributed by atoms with Crippen molar-refractivity contribution in [2.75, 3.05) is 13.6 Å². The van der Waals surface area contributed by atoms with Gasteiger partial charge in [0.25, 0.3) is 0 Å². The second-order valence-electron chi connectivity index (χ2n) is 7.92. The Hall–Kier alpha value is -2.59. The Morgan fingerprint density at radius 2 is 1.90 bits per heavy atom. The van der Waals surface area contributed by atoms with Crippen LogP contribution in [0.25, 0.3) is 11.0 Å². The summed E-state index contributed by atoms with van der Waals surface area (Å²) >= 11 is 0. The van der Waals surface area contributed by atoms with Crippen molar-refractivity contribution < 1.29 is 9.15 Å². The third kappa shape index (κ3) is 4.54. The fourth-order valence-corrected chi connectivity index (χ4v) is 4.29. The van der Waals surface area contributed by atoms with E-state index in [9.17, 15) is 4.79 Å². The van der Waals surface area contributed by atoms with Crippen LogP contribution in [0.1, 0.15) is 61.7 Å². The van der Waals surface area contributed by atoms with Crippen LogP contribution in [0.15, 0.2) is 64.0 Å². The minimum atomic E-state index is -0.0744. The molecule has 1 unspecified atom stereocenters. The zero-order chi connectivity index (χ0) is 20.1. The highest BCUT2D eigenvalue weighted by molar-refractivity contribution is 5.78. The maximum absolute atomic E-state index is 13.2. The average Bonchev–Trinajstić information content (AvgIpc) is 2.78. The Morgan fingerprint density at radius 3 is 2.66 bits per heavy atom. The summed E-state index contributed by atoms with van der Waals surface area (Å²) in [7, 11) is 1.94. The molecule has 1 atom stereocenters. The van der Waals surface area contributed by atoms with Gasteiger partial charge in [-0.25, -0.2) is 0 Å². The summed E-state index contributed by atoms with van der Waals surface area (Å²) in [4.78, 5) is 13.2. The molecule has 1 heterocycles. The molecule has 1 fully saturated rings. The van der Waals surface area contributed by atoms with Crippen LogP contribution in [-0.4, -0.2) is 13.6 Å². The lowest BCUT2D eigenvalue weighted by Gasteiger charge is -2.21. The number of hydrogen-bond donors (Lipinski definition) is 1. The number of fused-ring (bicyclic) bond motifs is 1. The molecule has 4 rings (SSSR count). The summed E-state index contributed by atoms with van der Waals surface area (Å²) in [5.41, 5.74) is 2.67. The predicted molar refractivity (Wildman–Crippen MR) is 117 cm³/mol. The number of hydrogen-bond acceptors (Lipinski definition) is 4. The molecule has 1 saturated carbocycles. The minimum absolute atomic E-state index is 0.0744. The van der Waals surface area contributed by atoms with Crippen LogP contribution in [-0.2, 0) is 0 Å². The van der Waals surface area contributed by atoms with Crippen LogP contribution in [0.4, 0.5) is 0 Å². The minimum Gasteiger partial charge on any atom is -0.486 e. The molecule has 0 aliphatic heterocycles. The van der Waals surface area contributed by atoms with Crippen LogP contribution < -0.4 is 15.5 Å². The van der Waals surface area contributed by atoms with E-state index in [4.69, 9.17) is 9.15 Å². The third-order valence-electron chi connectivity index (χ3n) is 5.92. The van der Waals surface area contributed by atoms with Crippen molar-refractivity contribution in [1.82, 2.24) is 5.32 Å². The van der Waals surface area contributed by atoms with Crippen molar-refractivity contribution in [1.29, 1.82) is 0 Å². The second-order valence-corrected chi connectivity index (χ2v) is 7.92. The molecule has 1 aromatic heterocycles. The molecular formula is C25H29NO3. The lowest BCUT2D eigenvalue weighted by Crippen LogP contribution is -2.17. The van der Waals surface area contributed by atoms with Crippen LogP contribution >= 0.6 is 0 Å². The molecule has 1 N–H and O–H groups in total. The van der Waals surface area contributed by atoms with Gasteiger partial charge in [0, 0.05) is 12.0 Å². The van der Waals surface area contributed by atoms with E-state index in [-0.39, 0.29) is 11.5 Å². The molecule has 1 aliphatic carbocycles. The number of benzene rings is 2. The molecule has 2 aromatic carbocycles. The second kappa shape index (κ2) is 9.27.